The number of halogens is 4. The van der Waals surface area contributed by atoms with E-state index >= 15 is 0 Å². The van der Waals surface area contributed by atoms with E-state index in [1.54, 1.807) is 0 Å². The van der Waals surface area contributed by atoms with Gasteiger partial charge in [0.25, 0.3) is 0 Å². The molecule has 0 spiro atoms. The Morgan fingerprint density at radius 2 is 1.85 bits per heavy atom. The van der Waals surface area contributed by atoms with Gasteiger partial charge in [0.2, 0.25) is 0 Å². The standard InChI is InChI=1S/C18H11F4NO3/c1-26-16-5-3-10(19)7-13(16)15-8-12(17(24)25)11-6-9(18(20,21)22)2-4-14(11)23-15/h2-8H,1H3,(H,24,25). The molecule has 8 heteroatoms. The summed E-state index contributed by atoms with van der Waals surface area (Å²) in [4.78, 5) is 15.8. The Balaban J connectivity index is 2.31. The van der Waals surface area contributed by atoms with Gasteiger partial charge in [-0.25, -0.2) is 14.2 Å². The smallest absolute Gasteiger partial charge is 0.416 e. The molecule has 26 heavy (non-hydrogen) atoms. The van der Waals surface area contributed by atoms with E-state index in [1.165, 1.54) is 13.2 Å². The van der Waals surface area contributed by atoms with Gasteiger partial charge in [-0.2, -0.15) is 13.2 Å². The van der Waals surface area contributed by atoms with Crippen molar-refractivity contribution in [1.29, 1.82) is 0 Å². The molecule has 0 atom stereocenters. The highest BCUT2D eigenvalue weighted by atomic mass is 19.4. The van der Waals surface area contributed by atoms with E-state index in [2.05, 4.69) is 4.98 Å². The zero-order valence-corrected chi connectivity index (χ0v) is 13.3. The predicted octanol–water partition coefficient (Wildman–Crippen LogP) is 4.77. The molecule has 0 radical (unpaired) electrons. The van der Waals surface area contributed by atoms with Crippen LogP contribution in [0.15, 0.2) is 42.5 Å². The number of rotatable bonds is 3. The number of aromatic nitrogens is 1. The van der Waals surface area contributed by atoms with Gasteiger partial charge in [-0.15, -0.1) is 0 Å². The predicted molar refractivity (Wildman–Crippen MR) is 85.7 cm³/mol. The lowest BCUT2D eigenvalue weighted by Crippen LogP contribution is -2.06. The molecule has 3 aromatic rings. The first-order valence-electron chi connectivity index (χ1n) is 7.30. The highest BCUT2D eigenvalue weighted by Crippen LogP contribution is 2.35. The zero-order chi connectivity index (χ0) is 19.1. The quantitative estimate of drug-likeness (QED) is 0.680. The van der Waals surface area contributed by atoms with Crippen molar-refractivity contribution in [3.8, 4) is 17.0 Å². The van der Waals surface area contributed by atoms with E-state index < -0.39 is 23.5 Å². The molecule has 0 amide bonds. The minimum Gasteiger partial charge on any atom is -0.496 e. The lowest BCUT2D eigenvalue weighted by atomic mass is 10.0. The van der Waals surface area contributed by atoms with Crippen molar-refractivity contribution in [1.82, 2.24) is 4.98 Å². The molecule has 1 heterocycles. The first-order chi connectivity index (χ1) is 12.2. The van der Waals surface area contributed by atoms with Crippen LogP contribution in [0.5, 0.6) is 5.75 Å². The third-order valence-electron chi connectivity index (χ3n) is 3.80. The van der Waals surface area contributed by atoms with Crippen LogP contribution in [0.2, 0.25) is 0 Å². The molecule has 134 valence electrons. The van der Waals surface area contributed by atoms with Crippen LogP contribution in [-0.2, 0) is 6.18 Å². The van der Waals surface area contributed by atoms with Crippen molar-refractivity contribution in [3.63, 3.8) is 0 Å². The van der Waals surface area contributed by atoms with Gasteiger partial charge in [0.05, 0.1) is 29.4 Å². The van der Waals surface area contributed by atoms with E-state index in [1.807, 2.05) is 0 Å². The summed E-state index contributed by atoms with van der Waals surface area (Å²) in [5.74, 6) is -1.76. The Morgan fingerprint density at radius 1 is 1.12 bits per heavy atom. The van der Waals surface area contributed by atoms with Gasteiger partial charge < -0.3 is 9.84 Å². The molecule has 0 aliphatic heterocycles. The Hall–Kier alpha value is -3.16. The molecular weight excluding hydrogens is 354 g/mol. The van der Waals surface area contributed by atoms with Crippen LogP contribution >= 0.6 is 0 Å². The minimum absolute atomic E-state index is 0.0409. The van der Waals surface area contributed by atoms with Crippen molar-refractivity contribution in [2.45, 2.75) is 6.18 Å². The van der Waals surface area contributed by atoms with Crippen molar-refractivity contribution in [2.75, 3.05) is 7.11 Å². The van der Waals surface area contributed by atoms with Gasteiger partial charge in [0, 0.05) is 10.9 Å². The number of aromatic carboxylic acids is 1. The van der Waals surface area contributed by atoms with Crippen LogP contribution in [0.4, 0.5) is 17.6 Å². The highest BCUT2D eigenvalue weighted by molar-refractivity contribution is 6.04. The molecule has 0 bridgehead atoms. The number of carboxylic acids is 1. The van der Waals surface area contributed by atoms with Crippen LogP contribution in [0.1, 0.15) is 15.9 Å². The van der Waals surface area contributed by atoms with Gasteiger partial charge in [0.1, 0.15) is 11.6 Å². The summed E-state index contributed by atoms with van der Waals surface area (Å²) >= 11 is 0. The van der Waals surface area contributed by atoms with Crippen molar-refractivity contribution in [3.05, 3.63) is 59.4 Å². The Bertz CT molecular complexity index is 1020. The first-order valence-corrected chi connectivity index (χ1v) is 7.30. The number of methoxy groups -OCH3 is 1. The van der Waals surface area contributed by atoms with Gasteiger partial charge in [-0.05, 0) is 42.5 Å². The number of hydrogen-bond donors (Lipinski definition) is 1. The fourth-order valence-corrected chi connectivity index (χ4v) is 2.60. The third kappa shape index (κ3) is 3.17. The number of hydrogen-bond acceptors (Lipinski definition) is 3. The zero-order valence-electron chi connectivity index (χ0n) is 13.3. The fraction of sp³-hybridized carbons (Fsp3) is 0.111. The molecular formula is C18H11F4NO3. The lowest BCUT2D eigenvalue weighted by Gasteiger charge is -2.12. The fourth-order valence-electron chi connectivity index (χ4n) is 2.60. The molecule has 4 nitrogen and oxygen atoms in total. The van der Waals surface area contributed by atoms with Crippen LogP contribution in [0, 0.1) is 5.82 Å². The van der Waals surface area contributed by atoms with Crippen molar-refractivity contribution < 1.29 is 32.2 Å². The summed E-state index contributed by atoms with van der Waals surface area (Å²) in [6.07, 6.45) is -4.62. The molecule has 2 aromatic carbocycles. The van der Waals surface area contributed by atoms with E-state index in [-0.39, 0.29) is 33.5 Å². The van der Waals surface area contributed by atoms with E-state index in [0.717, 1.165) is 36.4 Å². The van der Waals surface area contributed by atoms with Crippen molar-refractivity contribution in [2.24, 2.45) is 0 Å². The first kappa shape index (κ1) is 17.7. The van der Waals surface area contributed by atoms with E-state index in [4.69, 9.17) is 4.74 Å². The third-order valence-corrected chi connectivity index (χ3v) is 3.80. The number of pyridine rings is 1. The minimum atomic E-state index is -4.62. The molecule has 3 rings (SSSR count). The molecule has 0 unspecified atom stereocenters. The SMILES string of the molecule is COc1ccc(F)cc1-c1cc(C(=O)O)c2cc(C(F)(F)F)ccc2n1. The molecule has 0 fully saturated rings. The average Bonchev–Trinajstić information content (AvgIpc) is 2.59. The highest BCUT2D eigenvalue weighted by Gasteiger charge is 2.31. The average molecular weight is 365 g/mol. The number of carbonyl (C=O) groups is 1. The second kappa shape index (κ2) is 6.29. The summed E-state index contributed by atoms with van der Waals surface area (Å²) < 4.78 is 57.5. The summed E-state index contributed by atoms with van der Waals surface area (Å²) in [5.41, 5.74) is -1.05. The molecule has 0 saturated heterocycles. The molecule has 0 saturated carbocycles. The van der Waals surface area contributed by atoms with E-state index in [9.17, 15) is 27.5 Å². The number of ether oxygens (including phenoxy) is 1. The number of carboxylic acid groups (broad SMARTS) is 1. The van der Waals surface area contributed by atoms with Gasteiger partial charge in [-0.3, -0.25) is 0 Å². The normalized spacial score (nSPS) is 11.6. The van der Waals surface area contributed by atoms with Gasteiger partial charge >= 0.3 is 12.1 Å². The van der Waals surface area contributed by atoms with Crippen LogP contribution in [-0.4, -0.2) is 23.2 Å². The van der Waals surface area contributed by atoms with Crippen LogP contribution in [0.3, 0.4) is 0 Å². The van der Waals surface area contributed by atoms with E-state index in [0.29, 0.717) is 0 Å². The summed E-state index contributed by atoms with van der Waals surface area (Å²) in [5, 5.41) is 9.25. The van der Waals surface area contributed by atoms with Gasteiger partial charge in [-0.1, -0.05) is 0 Å². The molecule has 1 N–H and O–H groups in total. The number of benzene rings is 2. The molecule has 0 aliphatic rings. The van der Waals surface area contributed by atoms with Crippen molar-refractivity contribution >= 4 is 16.9 Å². The van der Waals surface area contributed by atoms with Gasteiger partial charge in [0.15, 0.2) is 0 Å². The Morgan fingerprint density at radius 3 is 2.46 bits per heavy atom. The second-order valence-corrected chi connectivity index (χ2v) is 5.43. The topological polar surface area (TPSA) is 59.4 Å². The maximum atomic E-state index is 13.6. The summed E-state index contributed by atoms with van der Waals surface area (Å²) in [7, 11) is 1.35. The lowest BCUT2D eigenvalue weighted by molar-refractivity contribution is -0.137. The summed E-state index contributed by atoms with van der Waals surface area (Å²) in [6, 6.07) is 7.36. The monoisotopic (exact) mass is 365 g/mol. The Labute approximate surface area is 144 Å². The Kier molecular flexibility index (Phi) is 4.27. The number of fused-ring (bicyclic) bond motifs is 1. The second-order valence-electron chi connectivity index (χ2n) is 5.43. The maximum Gasteiger partial charge on any atom is 0.416 e. The number of nitrogens with zero attached hydrogens (tertiary/aromatic N) is 1. The van der Waals surface area contributed by atoms with Crippen LogP contribution < -0.4 is 4.74 Å². The maximum absolute atomic E-state index is 13.6. The summed E-state index contributed by atoms with van der Waals surface area (Å²) in [6.45, 7) is 0. The number of alkyl halides is 3. The largest absolute Gasteiger partial charge is 0.496 e. The molecule has 1 aromatic heterocycles. The van der Waals surface area contributed by atoms with Crippen LogP contribution in [0.25, 0.3) is 22.2 Å². The molecule has 0 aliphatic carbocycles.